The molecule has 1 aromatic carbocycles. The standard InChI is InChI=1S/C17H17NO3/c1-12-9-14(10-12)16(19)13-7-8-18(11-13)17(20)21-15-5-3-2-4-6-15/h2-6,9-10,13H,7-8,11H2,1H3. The fourth-order valence-electron chi connectivity index (χ4n) is 2.65. The lowest BCUT2D eigenvalue weighted by atomic mass is 9.89. The third kappa shape index (κ3) is 2.89. The molecule has 4 nitrogen and oxygen atoms in total. The van der Waals surface area contributed by atoms with Gasteiger partial charge in [-0.2, -0.15) is 0 Å². The minimum atomic E-state index is -0.384. The Morgan fingerprint density at radius 3 is 2.57 bits per heavy atom. The van der Waals surface area contributed by atoms with Crippen LogP contribution in [0.5, 0.6) is 5.75 Å². The average Bonchev–Trinajstić information content (AvgIpc) is 2.94. The van der Waals surface area contributed by atoms with Crippen LogP contribution < -0.4 is 4.74 Å². The maximum Gasteiger partial charge on any atom is 0.415 e. The molecule has 3 rings (SSSR count). The lowest BCUT2D eigenvalue weighted by molar-refractivity contribution is -0.118. The third-order valence-corrected chi connectivity index (χ3v) is 3.82. The number of para-hydroxylation sites is 1. The van der Waals surface area contributed by atoms with E-state index in [9.17, 15) is 9.59 Å². The van der Waals surface area contributed by atoms with Gasteiger partial charge in [0.15, 0.2) is 5.78 Å². The van der Waals surface area contributed by atoms with Crippen LogP contribution in [0.3, 0.4) is 0 Å². The first-order valence-electron chi connectivity index (χ1n) is 7.09. The Bertz CT molecular complexity index is 631. The molecule has 0 bridgehead atoms. The van der Waals surface area contributed by atoms with E-state index in [1.165, 1.54) is 0 Å². The topological polar surface area (TPSA) is 46.6 Å². The van der Waals surface area contributed by atoms with E-state index in [-0.39, 0.29) is 17.8 Å². The van der Waals surface area contributed by atoms with Crippen LogP contribution in [0.25, 0.3) is 0 Å². The zero-order chi connectivity index (χ0) is 14.8. The molecule has 0 spiro atoms. The fraction of sp³-hybridized carbons (Fsp3) is 0.294. The SMILES string of the molecule is CC1=CC(C(=O)C2CCN(C(=O)Oc3ccccc3)C2)=C1. The van der Waals surface area contributed by atoms with Gasteiger partial charge in [0.25, 0.3) is 0 Å². The van der Waals surface area contributed by atoms with Gasteiger partial charge < -0.3 is 9.64 Å². The number of hydrogen-bond acceptors (Lipinski definition) is 3. The molecule has 1 saturated heterocycles. The van der Waals surface area contributed by atoms with E-state index < -0.39 is 0 Å². The summed E-state index contributed by atoms with van der Waals surface area (Å²) in [7, 11) is 0. The summed E-state index contributed by atoms with van der Waals surface area (Å²) in [6.45, 7) is 2.97. The minimum absolute atomic E-state index is 0.107. The highest BCUT2D eigenvalue weighted by atomic mass is 16.6. The average molecular weight is 283 g/mol. The molecule has 0 aromatic heterocycles. The van der Waals surface area contributed by atoms with Crippen molar-refractivity contribution in [3.05, 3.63) is 53.6 Å². The summed E-state index contributed by atoms with van der Waals surface area (Å²) in [6, 6.07) is 8.98. The molecule has 0 radical (unpaired) electrons. The minimum Gasteiger partial charge on any atom is -0.410 e. The summed E-state index contributed by atoms with van der Waals surface area (Å²) in [6.07, 6.45) is 4.11. The summed E-state index contributed by atoms with van der Waals surface area (Å²) < 4.78 is 5.29. The van der Waals surface area contributed by atoms with E-state index in [0.717, 1.165) is 11.1 Å². The molecule has 1 atom stereocenters. The molecule has 0 saturated carbocycles. The molecular formula is C17H17NO3. The van der Waals surface area contributed by atoms with Gasteiger partial charge in [0, 0.05) is 24.6 Å². The normalized spacial score (nSPS) is 20.4. The maximum atomic E-state index is 12.2. The van der Waals surface area contributed by atoms with Crippen molar-refractivity contribution in [3.8, 4) is 5.75 Å². The van der Waals surface area contributed by atoms with Gasteiger partial charge in [0.1, 0.15) is 5.75 Å². The van der Waals surface area contributed by atoms with E-state index in [1.807, 2.05) is 37.3 Å². The van der Waals surface area contributed by atoms with E-state index in [1.54, 1.807) is 17.0 Å². The van der Waals surface area contributed by atoms with E-state index in [4.69, 9.17) is 4.74 Å². The van der Waals surface area contributed by atoms with E-state index in [0.29, 0.717) is 25.3 Å². The molecule has 1 aliphatic carbocycles. The second kappa shape index (κ2) is 5.56. The number of allylic oxidation sites excluding steroid dienone is 4. The predicted molar refractivity (Wildman–Crippen MR) is 79.0 cm³/mol. The first-order chi connectivity index (χ1) is 10.1. The quantitative estimate of drug-likeness (QED) is 0.856. The van der Waals surface area contributed by atoms with Crippen LogP contribution in [-0.2, 0) is 4.79 Å². The number of hydrogen-bond donors (Lipinski definition) is 0. The van der Waals surface area contributed by atoms with Crippen LogP contribution >= 0.6 is 0 Å². The maximum absolute atomic E-state index is 12.2. The second-order valence-electron chi connectivity index (χ2n) is 5.46. The summed E-state index contributed by atoms with van der Waals surface area (Å²) in [5, 5.41) is 0. The first-order valence-corrected chi connectivity index (χ1v) is 7.09. The highest BCUT2D eigenvalue weighted by Gasteiger charge is 2.33. The summed E-state index contributed by atoms with van der Waals surface area (Å²) in [5.41, 5.74) is 1.90. The van der Waals surface area contributed by atoms with Gasteiger partial charge in [-0.15, -0.1) is 0 Å². The van der Waals surface area contributed by atoms with Crippen LogP contribution in [0.15, 0.2) is 53.6 Å². The highest BCUT2D eigenvalue weighted by Crippen LogP contribution is 2.26. The molecule has 21 heavy (non-hydrogen) atoms. The Labute approximate surface area is 123 Å². The largest absolute Gasteiger partial charge is 0.415 e. The van der Waals surface area contributed by atoms with E-state index in [2.05, 4.69) is 0 Å². The van der Waals surface area contributed by atoms with Crippen LogP contribution in [-0.4, -0.2) is 29.9 Å². The lowest BCUT2D eigenvalue weighted by Crippen LogP contribution is -2.32. The number of carbonyl (C=O) groups excluding carboxylic acids is 2. The van der Waals surface area contributed by atoms with Crippen molar-refractivity contribution in [1.29, 1.82) is 0 Å². The van der Waals surface area contributed by atoms with Gasteiger partial charge in [-0.05, 0) is 43.2 Å². The number of rotatable bonds is 3. The molecule has 4 heteroatoms. The van der Waals surface area contributed by atoms with Crippen LogP contribution in [0.1, 0.15) is 13.3 Å². The molecule has 1 fully saturated rings. The van der Waals surface area contributed by atoms with Gasteiger partial charge in [0.2, 0.25) is 0 Å². The second-order valence-corrected chi connectivity index (χ2v) is 5.46. The lowest BCUT2D eigenvalue weighted by Gasteiger charge is -2.17. The number of Topliss-reactive ketones (excluding diaryl/α,β-unsaturated/α-hetero) is 1. The van der Waals surface area contributed by atoms with Crippen molar-refractivity contribution in [3.63, 3.8) is 0 Å². The van der Waals surface area contributed by atoms with Crippen LogP contribution in [0, 0.1) is 5.92 Å². The Balaban J connectivity index is 1.56. The Morgan fingerprint density at radius 1 is 1.19 bits per heavy atom. The van der Waals surface area contributed by atoms with Crippen LogP contribution in [0.2, 0.25) is 0 Å². The van der Waals surface area contributed by atoms with Gasteiger partial charge in [-0.1, -0.05) is 18.2 Å². The van der Waals surface area contributed by atoms with Crippen molar-refractivity contribution < 1.29 is 14.3 Å². The zero-order valence-corrected chi connectivity index (χ0v) is 11.9. The van der Waals surface area contributed by atoms with Gasteiger partial charge >= 0.3 is 6.09 Å². The molecule has 1 heterocycles. The Morgan fingerprint density at radius 2 is 1.90 bits per heavy atom. The molecular weight excluding hydrogens is 266 g/mol. The number of ketones is 1. The number of nitrogens with zero attached hydrogens (tertiary/aromatic N) is 1. The number of benzene rings is 1. The zero-order valence-electron chi connectivity index (χ0n) is 11.9. The predicted octanol–water partition coefficient (Wildman–Crippen LogP) is 2.96. The van der Waals surface area contributed by atoms with E-state index >= 15 is 0 Å². The molecule has 0 N–H and O–H groups in total. The molecule has 1 aliphatic heterocycles. The van der Waals surface area contributed by atoms with Crippen LogP contribution in [0.4, 0.5) is 4.79 Å². The molecule has 1 amide bonds. The highest BCUT2D eigenvalue weighted by molar-refractivity contribution is 6.02. The number of carbonyl (C=O) groups is 2. The van der Waals surface area contributed by atoms with Crippen molar-refractivity contribution >= 4 is 11.9 Å². The van der Waals surface area contributed by atoms with Gasteiger partial charge in [0.05, 0.1) is 0 Å². The fourth-order valence-corrected chi connectivity index (χ4v) is 2.65. The molecule has 2 aliphatic rings. The summed E-state index contributed by atoms with van der Waals surface area (Å²) in [4.78, 5) is 25.9. The van der Waals surface area contributed by atoms with Crippen molar-refractivity contribution in [1.82, 2.24) is 4.90 Å². The molecule has 1 unspecified atom stereocenters. The molecule has 108 valence electrons. The number of amides is 1. The van der Waals surface area contributed by atoms with Crippen molar-refractivity contribution in [2.45, 2.75) is 13.3 Å². The van der Waals surface area contributed by atoms with Crippen molar-refractivity contribution in [2.24, 2.45) is 5.92 Å². The Kier molecular flexibility index (Phi) is 3.60. The third-order valence-electron chi connectivity index (χ3n) is 3.82. The van der Waals surface area contributed by atoms with Gasteiger partial charge in [-0.25, -0.2) is 4.79 Å². The first kappa shape index (κ1) is 13.6. The smallest absolute Gasteiger partial charge is 0.410 e. The summed E-state index contributed by atoms with van der Waals surface area (Å²) in [5.74, 6) is 0.553. The van der Waals surface area contributed by atoms with Crippen molar-refractivity contribution in [2.75, 3.05) is 13.1 Å². The molecule has 1 aromatic rings. The monoisotopic (exact) mass is 283 g/mol. The number of ether oxygens (including phenoxy) is 1. The Hall–Kier alpha value is -2.36. The summed E-state index contributed by atoms with van der Waals surface area (Å²) >= 11 is 0. The van der Waals surface area contributed by atoms with Gasteiger partial charge in [-0.3, -0.25) is 4.79 Å². The number of likely N-dealkylation sites (tertiary alicyclic amines) is 1.